The fourth-order valence-electron chi connectivity index (χ4n) is 6.93. The van der Waals surface area contributed by atoms with E-state index in [-0.39, 0.29) is 0 Å². The zero-order valence-electron chi connectivity index (χ0n) is 28.2. The van der Waals surface area contributed by atoms with Crippen LogP contribution < -0.4 is 0 Å². The van der Waals surface area contributed by atoms with Gasteiger partial charge < -0.3 is 4.57 Å². The van der Waals surface area contributed by atoms with Crippen LogP contribution in [-0.4, -0.2) is 19.5 Å². The fraction of sp³-hybridized carbons (Fsp3) is 0.0217. The summed E-state index contributed by atoms with van der Waals surface area (Å²) in [4.78, 5) is 15.0. The van der Waals surface area contributed by atoms with Crippen molar-refractivity contribution in [3.63, 3.8) is 0 Å². The maximum absolute atomic E-state index is 13.9. The SMILES string of the molecule is FC(F)(F)c1cccc(-c2ccc(-c3nc(-c4ccccc4)nc(-c4ccccc4)n3)c(-n3c4ccccc4c4cc(-c5ccccc5)ccc43)c2)c1. The molecule has 2 aromatic heterocycles. The molecule has 53 heavy (non-hydrogen) atoms. The van der Waals surface area contributed by atoms with Crippen LogP contribution in [0.25, 0.3) is 83.9 Å². The molecule has 0 aliphatic carbocycles. The summed E-state index contributed by atoms with van der Waals surface area (Å²) in [6.45, 7) is 0. The maximum Gasteiger partial charge on any atom is 0.416 e. The Morgan fingerprint density at radius 1 is 0.377 bits per heavy atom. The molecular weight excluding hydrogens is 666 g/mol. The molecule has 254 valence electrons. The van der Waals surface area contributed by atoms with Crippen LogP contribution in [0, 0.1) is 0 Å². The van der Waals surface area contributed by atoms with E-state index < -0.39 is 11.7 Å². The number of rotatable bonds is 6. The molecule has 0 unspecified atom stereocenters. The Morgan fingerprint density at radius 2 is 0.887 bits per heavy atom. The molecule has 0 saturated heterocycles. The summed E-state index contributed by atoms with van der Waals surface area (Å²) in [7, 11) is 0. The predicted octanol–water partition coefficient (Wildman–Crippen LogP) is 12.3. The maximum atomic E-state index is 13.9. The van der Waals surface area contributed by atoms with Crippen molar-refractivity contribution in [2.45, 2.75) is 6.18 Å². The summed E-state index contributed by atoms with van der Waals surface area (Å²) in [5, 5.41) is 2.09. The quantitative estimate of drug-likeness (QED) is 0.174. The van der Waals surface area contributed by atoms with Gasteiger partial charge in [-0.15, -0.1) is 0 Å². The standard InChI is InChI=1S/C46H29F3N4/c47-46(48,49)36-20-12-19-33(27-36)35-23-25-38(45-51-43(31-15-6-2-7-16-31)50-44(52-45)32-17-8-3-9-18-32)42(29-35)53-40-22-11-10-21-37(40)39-28-34(24-26-41(39)53)30-13-4-1-5-14-30/h1-29H. The number of para-hydroxylation sites is 1. The van der Waals surface area contributed by atoms with Crippen LogP contribution in [0.5, 0.6) is 0 Å². The van der Waals surface area contributed by atoms with Crippen LogP contribution in [0.15, 0.2) is 176 Å². The summed E-state index contributed by atoms with van der Waals surface area (Å²) in [5.41, 5.74) is 7.53. The monoisotopic (exact) mass is 694 g/mol. The van der Waals surface area contributed by atoms with Gasteiger partial charge >= 0.3 is 6.18 Å². The Kier molecular flexibility index (Phi) is 7.89. The van der Waals surface area contributed by atoms with Crippen LogP contribution >= 0.6 is 0 Å². The molecule has 0 atom stereocenters. The minimum Gasteiger partial charge on any atom is -0.308 e. The van der Waals surface area contributed by atoms with Crippen molar-refractivity contribution in [1.82, 2.24) is 19.5 Å². The van der Waals surface area contributed by atoms with E-state index in [9.17, 15) is 13.2 Å². The molecule has 4 nitrogen and oxygen atoms in total. The molecule has 0 amide bonds. The minimum atomic E-state index is -4.48. The van der Waals surface area contributed by atoms with Gasteiger partial charge in [-0.2, -0.15) is 13.2 Å². The van der Waals surface area contributed by atoms with Gasteiger partial charge in [0.15, 0.2) is 17.5 Å². The first-order valence-electron chi connectivity index (χ1n) is 17.2. The lowest BCUT2D eigenvalue weighted by Crippen LogP contribution is -2.05. The third-order valence-corrected chi connectivity index (χ3v) is 9.48. The average molecular weight is 695 g/mol. The first-order chi connectivity index (χ1) is 25.9. The third kappa shape index (κ3) is 6.02. The first-order valence-corrected chi connectivity index (χ1v) is 17.2. The van der Waals surface area contributed by atoms with E-state index >= 15 is 0 Å². The normalized spacial score (nSPS) is 11.7. The van der Waals surface area contributed by atoms with Crippen molar-refractivity contribution >= 4 is 21.8 Å². The van der Waals surface area contributed by atoms with Crippen LogP contribution in [0.4, 0.5) is 13.2 Å². The number of aromatic nitrogens is 4. The van der Waals surface area contributed by atoms with Crippen LogP contribution in [-0.2, 0) is 6.18 Å². The van der Waals surface area contributed by atoms with Gasteiger partial charge in [-0.05, 0) is 64.7 Å². The van der Waals surface area contributed by atoms with Crippen molar-refractivity contribution in [3.05, 3.63) is 181 Å². The van der Waals surface area contributed by atoms with Crippen molar-refractivity contribution in [2.75, 3.05) is 0 Å². The molecule has 7 heteroatoms. The van der Waals surface area contributed by atoms with Gasteiger partial charge in [0.25, 0.3) is 0 Å². The minimum absolute atomic E-state index is 0.440. The second-order valence-corrected chi connectivity index (χ2v) is 12.8. The van der Waals surface area contributed by atoms with E-state index in [1.165, 1.54) is 12.1 Å². The zero-order valence-corrected chi connectivity index (χ0v) is 28.2. The molecule has 0 bridgehead atoms. The zero-order chi connectivity index (χ0) is 35.9. The lowest BCUT2D eigenvalue weighted by Gasteiger charge is -2.17. The molecule has 0 aliphatic rings. The number of hydrogen-bond acceptors (Lipinski definition) is 3. The van der Waals surface area contributed by atoms with Crippen LogP contribution in [0.1, 0.15) is 5.56 Å². The smallest absolute Gasteiger partial charge is 0.308 e. The first kappa shape index (κ1) is 32.1. The second kappa shape index (κ2) is 13.0. The van der Waals surface area contributed by atoms with Gasteiger partial charge in [0.2, 0.25) is 0 Å². The molecule has 0 radical (unpaired) electrons. The molecule has 9 rings (SSSR count). The van der Waals surface area contributed by atoms with Gasteiger partial charge in [-0.25, -0.2) is 15.0 Å². The number of nitrogens with zero attached hydrogens (tertiary/aromatic N) is 4. The highest BCUT2D eigenvalue weighted by atomic mass is 19.4. The second-order valence-electron chi connectivity index (χ2n) is 12.8. The van der Waals surface area contributed by atoms with E-state index in [0.29, 0.717) is 34.2 Å². The van der Waals surface area contributed by atoms with Gasteiger partial charge in [0.05, 0.1) is 22.3 Å². The van der Waals surface area contributed by atoms with Gasteiger partial charge in [0.1, 0.15) is 0 Å². The summed E-state index contributed by atoms with van der Waals surface area (Å²) >= 11 is 0. The van der Waals surface area contributed by atoms with E-state index in [2.05, 4.69) is 47.0 Å². The van der Waals surface area contributed by atoms with Gasteiger partial charge in [-0.1, -0.05) is 133 Å². The van der Waals surface area contributed by atoms with E-state index in [0.717, 1.165) is 55.8 Å². The van der Waals surface area contributed by atoms with Crippen molar-refractivity contribution in [2.24, 2.45) is 0 Å². The molecule has 9 aromatic rings. The molecule has 7 aromatic carbocycles. The summed E-state index contributed by atoms with van der Waals surface area (Å²) in [6.07, 6.45) is -4.48. The van der Waals surface area contributed by atoms with Crippen molar-refractivity contribution < 1.29 is 13.2 Å². The molecule has 0 fully saturated rings. The molecule has 0 N–H and O–H groups in total. The van der Waals surface area contributed by atoms with Crippen LogP contribution in [0.3, 0.4) is 0 Å². The van der Waals surface area contributed by atoms with E-state index in [1.54, 1.807) is 6.07 Å². The topological polar surface area (TPSA) is 43.6 Å². The Balaban J connectivity index is 1.34. The lowest BCUT2D eigenvalue weighted by molar-refractivity contribution is -0.137. The number of benzene rings is 7. The number of hydrogen-bond donors (Lipinski definition) is 0. The fourth-order valence-corrected chi connectivity index (χ4v) is 6.93. The molecule has 0 spiro atoms. The predicted molar refractivity (Wildman–Crippen MR) is 206 cm³/mol. The van der Waals surface area contributed by atoms with Crippen molar-refractivity contribution in [3.8, 4) is 62.1 Å². The summed E-state index contributed by atoms with van der Waals surface area (Å²) in [6, 6.07) is 55.4. The Bertz CT molecular complexity index is 2700. The van der Waals surface area contributed by atoms with Gasteiger partial charge in [-0.3, -0.25) is 0 Å². The summed E-state index contributed by atoms with van der Waals surface area (Å²) in [5.74, 6) is 1.46. The average Bonchev–Trinajstić information content (AvgIpc) is 3.55. The number of alkyl halides is 3. The largest absolute Gasteiger partial charge is 0.416 e. The molecule has 0 aliphatic heterocycles. The number of halogens is 3. The van der Waals surface area contributed by atoms with Crippen LogP contribution in [0.2, 0.25) is 0 Å². The molecular formula is C46H29F3N4. The summed E-state index contributed by atoms with van der Waals surface area (Å²) < 4.78 is 43.9. The Hall–Kier alpha value is -6.86. The number of fused-ring (bicyclic) bond motifs is 3. The lowest BCUT2D eigenvalue weighted by atomic mass is 9.99. The Morgan fingerprint density at radius 3 is 1.55 bits per heavy atom. The molecule has 0 saturated carbocycles. The highest BCUT2D eigenvalue weighted by molar-refractivity contribution is 6.11. The van der Waals surface area contributed by atoms with E-state index in [4.69, 9.17) is 15.0 Å². The highest BCUT2D eigenvalue weighted by Crippen LogP contribution is 2.40. The molecule has 2 heterocycles. The van der Waals surface area contributed by atoms with Crippen molar-refractivity contribution in [1.29, 1.82) is 0 Å². The van der Waals surface area contributed by atoms with E-state index in [1.807, 2.05) is 109 Å². The highest BCUT2D eigenvalue weighted by Gasteiger charge is 2.30. The Labute approximate surface area is 303 Å². The van der Waals surface area contributed by atoms with Gasteiger partial charge in [0, 0.05) is 27.5 Å². The third-order valence-electron chi connectivity index (χ3n) is 9.48.